The number of nitrogens with zero attached hydrogens (tertiary/aromatic N) is 3. The van der Waals surface area contributed by atoms with Crippen molar-refractivity contribution in [1.29, 1.82) is 0 Å². The minimum atomic E-state index is -0.403. The first-order valence-corrected chi connectivity index (χ1v) is 10.3. The highest BCUT2D eigenvalue weighted by Gasteiger charge is 2.35. The highest BCUT2D eigenvalue weighted by molar-refractivity contribution is 8.18. The Hall–Kier alpha value is -3.72. The SMILES string of the molecule is COc1ccc(/C=C2\SC(=O)N(CCC(=O)Nc3ccc4nccnc4c3)C2=O)cc1. The first-order chi connectivity index (χ1) is 15.0. The molecule has 0 radical (unpaired) electrons. The molecular weight excluding hydrogens is 416 g/mol. The van der Waals surface area contributed by atoms with Crippen LogP contribution in [0, 0.1) is 0 Å². The van der Waals surface area contributed by atoms with Crippen LogP contribution < -0.4 is 10.1 Å². The molecule has 1 N–H and O–H groups in total. The van der Waals surface area contributed by atoms with Gasteiger partial charge in [-0.25, -0.2) is 0 Å². The molecule has 4 rings (SSSR count). The van der Waals surface area contributed by atoms with Gasteiger partial charge in [-0.3, -0.25) is 29.3 Å². The second kappa shape index (κ2) is 8.97. The number of ether oxygens (including phenoxy) is 1. The van der Waals surface area contributed by atoms with Crippen molar-refractivity contribution < 1.29 is 19.1 Å². The summed E-state index contributed by atoms with van der Waals surface area (Å²) >= 11 is 0.864. The number of methoxy groups -OCH3 is 1. The molecule has 0 saturated carbocycles. The third-order valence-electron chi connectivity index (χ3n) is 4.60. The van der Waals surface area contributed by atoms with Gasteiger partial charge in [0, 0.05) is 31.0 Å². The fourth-order valence-electron chi connectivity index (χ4n) is 3.02. The van der Waals surface area contributed by atoms with Crippen molar-refractivity contribution in [2.24, 2.45) is 0 Å². The number of nitrogens with one attached hydrogen (secondary N) is 1. The number of thioether (sulfide) groups is 1. The zero-order valence-electron chi connectivity index (χ0n) is 16.6. The molecule has 1 aliphatic heterocycles. The standard InChI is InChI=1S/C22H18N4O4S/c1-30-16-5-2-14(3-6-16)12-19-21(28)26(22(29)31-19)11-8-20(27)25-15-4-7-17-18(13-15)24-10-9-23-17/h2-7,9-10,12-13H,8,11H2,1H3,(H,25,27)/b19-12-. The first kappa shape index (κ1) is 20.5. The summed E-state index contributed by atoms with van der Waals surface area (Å²) in [5.74, 6) is -0.00394. The Labute approximate surface area is 182 Å². The van der Waals surface area contributed by atoms with Gasteiger partial charge in [0.05, 0.1) is 23.0 Å². The van der Waals surface area contributed by atoms with Crippen molar-refractivity contribution in [3.63, 3.8) is 0 Å². The third-order valence-corrected chi connectivity index (χ3v) is 5.51. The lowest BCUT2D eigenvalue weighted by molar-refractivity contribution is -0.123. The molecule has 1 aliphatic rings. The first-order valence-electron chi connectivity index (χ1n) is 9.43. The summed E-state index contributed by atoms with van der Waals surface area (Å²) in [6, 6.07) is 12.4. The number of anilines is 1. The molecule has 3 amide bonds. The van der Waals surface area contributed by atoms with Crippen LogP contribution >= 0.6 is 11.8 Å². The van der Waals surface area contributed by atoms with E-state index in [1.165, 1.54) is 0 Å². The van der Waals surface area contributed by atoms with Crippen LogP contribution in [0.3, 0.4) is 0 Å². The zero-order chi connectivity index (χ0) is 21.8. The molecule has 0 bridgehead atoms. The number of imide groups is 1. The average molecular weight is 434 g/mol. The maximum atomic E-state index is 12.6. The summed E-state index contributed by atoms with van der Waals surface area (Å²) < 4.78 is 5.11. The Balaban J connectivity index is 1.37. The van der Waals surface area contributed by atoms with Crippen LogP contribution in [0.1, 0.15) is 12.0 Å². The van der Waals surface area contributed by atoms with Crippen LogP contribution in [-0.2, 0) is 9.59 Å². The maximum absolute atomic E-state index is 12.6. The van der Waals surface area contributed by atoms with Crippen molar-refractivity contribution in [2.75, 3.05) is 19.0 Å². The fraction of sp³-hybridized carbons (Fsp3) is 0.136. The van der Waals surface area contributed by atoms with E-state index in [4.69, 9.17) is 4.74 Å². The highest BCUT2D eigenvalue weighted by Crippen LogP contribution is 2.32. The number of carbonyl (C=O) groups is 3. The van der Waals surface area contributed by atoms with Crippen LogP contribution in [0.5, 0.6) is 5.75 Å². The van der Waals surface area contributed by atoms with Gasteiger partial charge in [-0.15, -0.1) is 0 Å². The number of carbonyl (C=O) groups excluding carboxylic acids is 3. The molecule has 3 aromatic rings. The van der Waals surface area contributed by atoms with E-state index in [1.54, 1.807) is 68.0 Å². The molecule has 0 unspecified atom stereocenters. The predicted molar refractivity (Wildman–Crippen MR) is 118 cm³/mol. The number of benzene rings is 2. The number of fused-ring (bicyclic) bond motifs is 1. The van der Waals surface area contributed by atoms with Gasteiger partial charge in [-0.1, -0.05) is 12.1 Å². The van der Waals surface area contributed by atoms with Gasteiger partial charge in [0.2, 0.25) is 5.91 Å². The molecule has 2 aromatic carbocycles. The van der Waals surface area contributed by atoms with E-state index >= 15 is 0 Å². The van der Waals surface area contributed by atoms with Crippen molar-refractivity contribution in [2.45, 2.75) is 6.42 Å². The Kier molecular flexibility index (Phi) is 5.94. The van der Waals surface area contributed by atoms with Crippen LogP contribution in [0.25, 0.3) is 17.1 Å². The monoisotopic (exact) mass is 434 g/mol. The maximum Gasteiger partial charge on any atom is 0.293 e. The van der Waals surface area contributed by atoms with Gasteiger partial charge < -0.3 is 10.1 Å². The van der Waals surface area contributed by atoms with E-state index in [2.05, 4.69) is 15.3 Å². The molecule has 0 atom stereocenters. The molecule has 156 valence electrons. The number of amides is 3. The number of rotatable bonds is 6. The number of hydrogen-bond acceptors (Lipinski definition) is 7. The fourth-order valence-corrected chi connectivity index (χ4v) is 3.89. The van der Waals surface area contributed by atoms with Gasteiger partial charge in [0.1, 0.15) is 5.75 Å². The second-order valence-corrected chi connectivity index (χ2v) is 7.66. The highest BCUT2D eigenvalue weighted by atomic mass is 32.2. The van der Waals surface area contributed by atoms with Crippen molar-refractivity contribution in [3.8, 4) is 5.75 Å². The Morgan fingerprint density at radius 1 is 1.10 bits per heavy atom. The van der Waals surface area contributed by atoms with Crippen LogP contribution in [0.2, 0.25) is 0 Å². The number of hydrogen-bond donors (Lipinski definition) is 1. The van der Waals surface area contributed by atoms with E-state index in [-0.39, 0.29) is 18.9 Å². The minimum Gasteiger partial charge on any atom is -0.497 e. The van der Waals surface area contributed by atoms with E-state index in [9.17, 15) is 14.4 Å². The van der Waals surface area contributed by atoms with Crippen molar-refractivity contribution >= 4 is 51.6 Å². The lowest BCUT2D eigenvalue weighted by Gasteiger charge is -2.12. The zero-order valence-corrected chi connectivity index (χ0v) is 17.4. The van der Waals surface area contributed by atoms with Crippen molar-refractivity contribution in [1.82, 2.24) is 14.9 Å². The molecule has 1 aromatic heterocycles. The summed E-state index contributed by atoms with van der Waals surface area (Å²) in [7, 11) is 1.57. The summed E-state index contributed by atoms with van der Waals surface area (Å²) in [6.07, 6.45) is 4.82. The third kappa shape index (κ3) is 4.72. The lowest BCUT2D eigenvalue weighted by atomic mass is 10.2. The smallest absolute Gasteiger partial charge is 0.293 e. The van der Waals surface area contributed by atoms with Gasteiger partial charge in [-0.05, 0) is 53.7 Å². The molecule has 0 aliphatic carbocycles. The molecule has 8 nitrogen and oxygen atoms in total. The van der Waals surface area contributed by atoms with Crippen LogP contribution in [0.4, 0.5) is 10.5 Å². The van der Waals surface area contributed by atoms with E-state index in [1.807, 2.05) is 0 Å². The molecule has 1 saturated heterocycles. The van der Waals surface area contributed by atoms with Gasteiger partial charge in [0.25, 0.3) is 11.1 Å². The Bertz CT molecular complexity index is 1190. The van der Waals surface area contributed by atoms with Crippen LogP contribution in [-0.4, -0.2) is 45.6 Å². The molecular formula is C22H18N4O4S. The summed E-state index contributed by atoms with van der Waals surface area (Å²) in [4.78, 5) is 47.0. The Morgan fingerprint density at radius 3 is 2.58 bits per heavy atom. The van der Waals surface area contributed by atoms with Gasteiger partial charge in [0.15, 0.2) is 0 Å². The minimum absolute atomic E-state index is 0.00381. The average Bonchev–Trinajstić information content (AvgIpc) is 3.05. The normalized spacial score (nSPS) is 15.0. The second-order valence-electron chi connectivity index (χ2n) is 6.66. The largest absolute Gasteiger partial charge is 0.497 e. The molecule has 1 fully saturated rings. The summed E-state index contributed by atoms with van der Waals surface area (Å²) in [6.45, 7) is 0.00381. The summed E-state index contributed by atoms with van der Waals surface area (Å²) in [5.41, 5.74) is 2.74. The van der Waals surface area contributed by atoms with E-state index in [0.717, 1.165) is 27.7 Å². The molecule has 9 heteroatoms. The topological polar surface area (TPSA) is 101 Å². The lowest BCUT2D eigenvalue weighted by Crippen LogP contribution is -2.31. The van der Waals surface area contributed by atoms with Gasteiger partial charge >= 0.3 is 0 Å². The summed E-state index contributed by atoms with van der Waals surface area (Å²) in [5, 5.41) is 2.37. The predicted octanol–water partition coefficient (Wildman–Crippen LogP) is 3.70. The number of aromatic nitrogens is 2. The Morgan fingerprint density at radius 2 is 1.84 bits per heavy atom. The van der Waals surface area contributed by atoms with E-state index in [0.29, 0.717) is 21.9 Å². The van der Waals surface area contributed by atoms with Crippen molar-refractivity contribution in [3.05, 3.63) is 65.3 Å². The van der Waals surface area contributed by atoms with E-state index < -0.39 is 11.1 Å². The molecule has 31 heavy (non-hydrogen) atoms. The quantitative estimate of drug-likeness (QED) is 0.590. The van der Waals surface area contributed by atoms with Crippen LogP contribution in [0.15, 0.2) is 59.8 Å². The molecule has 0 spiro atoms. The molecule has 2 heterocycles. The van der Waals surface area contributed by atoms with Gasteiger partial charge in [-0.2, -0.15) is 0 Å².